The zero-order chi connectivity index (χ0) is 22.7. The number of carbonyl (C=O) groups excluding carboxylic acids is 3. The Morgan fingerprint density at radius 3 is 2.56 bits per heavy atom. The Morgan fingerprint density at radius 1 is 1.09 bits per heavy atom. The lowest BCUT2D eigenvalue weighted by Gasteiger charge is -2.18. The predicted octanol–water partition coefficient (Wildman–Crippen LogP) is 3.84. The van der Waals surface area contributed by atoms with Gasteiger partial charge in [0.15, 0.2) is 0 Å². The standard InChI is InChI=1S/C23H22BrN5O3/c1-15(29-11-5-10-25-29)22(31)26-17-6-4-7-18(13-17)27-23(32)16-12-21(30)28(14-16)20-9-3-2-8-19(20)24/h2-11,13,15-16H,12,14H2,1H3,(H,26,31)(H,27,32). The molecule has 1 aliphatic rings. The second-order valence-electron chi connectivity index (χ2n) is 7.58. The highest BCUT2D eigenvalue weighted by Crippen LogP contribution is 2.31. The summed E-state index contributed by atoms with van der Waals surface area (Å²) < 4.78 is 2.37. The topological polar surface area (TPSA) is 96.3 Å². The van der Waals surface area contributed by atoms with Crippen LogP contribution in [0, 0.1) is 5.92 Å². The van der Waals surface area contributed by atoms with Gasteiger partial charge in [-0.3, -0.25) is 19.1 Å². The average molecular weight is 496 g/mol. The first-order valence-electron chi connectivity index (χ1n) is 10.2. The number of aromatic nitrogens is 2. The van der Waals surface area contributed by atoms with Gasteiger partial charge < -0.3 is 15.5 Å². The molecule has 8 nitrogen and oxygen atoms in total. The Balaban J connectivity index is 1.39. The van der Waals surface area contributed by atoms with Crippen LogP contribution in [0.4, 0.5) is 17.1 Å². The lowest BCUT2D eigenvalue weighted by atomic mass is 10.1. The SMILES string of the molecule is CC(C(=O)Nc1cccc(NC(=O)C2CC(=O)N(c3ccccc3Br)C2)c1)n1cccn1. The molecule has 3 amide bonds. The van der Waals surface area contributed by atoms with Crippen LogP contribution in [0.25, 0.3) is 0 Å². The van der Waals surface area contributed by atoms with Crippen molar-refractivity contribution < 1.29 is 14.4 Å². The molecule has 4 rings (SSSR count). The molecule has 164 valence electrons. The van der Waals surface area contributed by atoms with Gasteiger partial charge in [0, 0.05) is 41.2 Å². The molecule has 0 bridgehead atoms. The maximum Gasteiger partial charge on any atom is 0.248 e. The zero-order valence-corrected chi connectivity index (χ0v) is 19.0. The number of nitrogens with one attached hydrogen (secondary N) is 2. The van der Waals surface area contributed by atoms with Gasteiger partial charge in [-0.05, 0) is 59.3 Å². The number of anilines is 3. The predicted molar refractivity (Wildman–Crippen MR) is 125 cm³/mol. The smallest absolute Gasteiger partial charge is 0.248 e. The number of rotatable bonds is 6. The lowest BCUT2D eigenvalue weighted by molar-refractivity contribution is -0.122. The Labute approximate surface area is 193 Å². The molecule has 9 heteroatoms. The van der Waals surface area contributed by atoms with E-state index in [2.05, 4.69) is 31.7 Å². The van der Waals surface area contributed by atoms with Crippen LogP contribution < -0.4 is 15.5 Å². The minimum Gasteiger partial charge on any atom is -0.326 e. The van der Waals surface area contributed by atoms with E-state index in [0.29, 0.717) is 17.9 Å². The van der Waals surface area contributed by atoms with Gasteiger partial charge in [0.1, 0.15) is 6.04 Å². The van der Waals surface area contributed by atoms with Crippen LogP contribution in [0.3, 0.4) is 0 Å². The first-order valence-corrected chi connectivity index (χ1v) is 11.0. The molecule has 0 saturated carbocycles. The summed E-state index contributed by atoms with van der Waals surface area (Å²) >= 11 is 3.46. The fraction of sp³-hybridized carbons (Fsp3) is 0.217. The molecule has 1 aliphatic heterocycles. The summed E-state index contributed by atoms with van der Waals surface area (Å²) in [5.74, 6) is -1.01. The number of carbonyl (C=O) groups is 3. The number of hydrogen-bond acceptors (Lipinski definition) is 4. The minimum atomic E-state index is -0.476. The molecule has 1 saturated heterocycles. The van der Waals surface area contributed by atoms with E-state index in [1.807, 2.05) is 24.3 Å². The van der Waals surface area contributed by atoms with Crippen LogP contribution in [-0.4, -0.2) is 34.0 Å². The summed E-state index contributed by atoms with van der Waals surface area (Å²) in [6.07, 6.45) is 3.48. The molecule has 2 unspecified atom stereocenters. The van der Waals surface area contributed by atoms with E-state index in [0.717, 1.165) is 10.2 Å². The Hall–Kier alpha value is -3.46. The van der Waals surface area contributed by atoms with Crippen molar-refractivity contribution in [3.63, 3.8) is 0 Å². The summed E-state index contributed by atoms with van der Waals surface area (Å²) in [5, 5.41) is 9.78. The van der Waals surface area contributed by atoms with Gasteiger partial charge in [0.25, 0.3) is 0 Å². The molecule has 0 radical (unpaired) electrons. The van der Waals surface area contributed by atoms with E-state index in [1.54, 1.807) is 59.2 Å². The molecular formula is C23H22BrN5O3. The second-order valence-corrected chi connectivity index (χ2v) is 8.43. The van der Waals surface area contributed by atoms with Gasteiger partial charge in [0.2, 0.25) is 17.7 Å². The molecule has 2 aromatic carbocycles. The van der Waals surface area contributed by atoms with Crippen LogP contribution in [-0.2, 0) is 14.4 Å². The summed E-state index contributed by atoms with van der Waals surface area (Å²) in [7, 11) is 0. The lowest BCUT2D eigenvalue weighted by Crippen LogP contribution is -2.28. The number of amides is 3. The number of halogens is 1. The van der Waals surface area contributed by atoms with Crippen LogP contribution >= 0.6 is 15.9 Å². The van der Waals surface area contributed by atoms with E-state index in [-0.39, 0.29) is 24.1 Å². The quantitative estimate of drug-likeness (QED) is 0.542. The third kappa shape index (κ3) is 4.72. The zero-order valence-electron chi connectivity index (χ0n) is 17.4. The second kappa shape index (κ2) is 9.35. The number of para-hydroxylation sites is 1. The van der Waals surface area contributed by atoms with E-state index < -0.39 is 12.0 Å². The Morgan fingerprint density at radius 2 is 1.84 bits per heavy atom. The van der Waals surface area contributed by atoms with Gasteiger partial charge in [0.05, 0.1) is 11.6 Å². The van der Waals surface area contributed by atoms with Crippen LogP contribution in [0.1, 0.15) is 19.4 Å². The first-order chi connectivity index (χ1) is 15.4. The third-order valence-electron chi connectivity index (χ3n) is 5.34. The molecule has 1 aromatic heterocycles. The van der Waals surface area contributed by atoms with E-state index in [1.165, 1.54) is 0 Å². The normalized spacial score (nSPS) is 16.6. The number of nitrogens with zero attached hydrogens (tertiary/aromatic N) is 3. The Bertz CT molecular complexity index is 1150. The van der Waals surface area contributed by atoms with E-state index >= 15 is 0 Å². The maximum atomic E-state index is 12.8. The highest BCUT2D eigenvalue weighted by molar-refractivity contribution is 9.10. The molecule has 2 N–H and O–H groups in total. The van der Waals surface area contributed by atoms with Crippen molar-refractivity contribution in [2.24, 2.45) is 5.92 Å². The van der Waals surface area contributed by atoms with Gasteiger partial charge in [-0.25, -0.2) is 0 Å². The van der Waals surface area contributed by atoms with Crippen molar-refractivity contribution in [1.29, 1.82) is 0 Å². The highest BCUT2D eigenvalue weighted by atomic mass is 79.9. The maximum absolute atomic E-state index is 12.8. The van der Waals surface area contributed by atoms with Crippen molar-refractivity contribution in [2.75, 3.05) is 22.1 Å². The van der Waals surface area contributed by atoms with Crippen molar-refractivity contribution in [3.05, 3.63) is 71.5 Å². The van der Waals surface area contributed by atoms with Crippen LogP contribution in [0.15, 0.2) is 71.5 Å². The number of benzene rings is 2. The highest BCUT2D eigenvalue weighted by Gasteiger charge is 2.35. The van der Waals surface area contributed by atoms with Crippen LogP contribution in [0.5, 0.6) is 0 Å². The molecule has 2 heterocycles. The van der Waals surface area contributed by atoms with Gasteiger partial charge in [-0.1, -0.05) is 18.2 Å². The molecule has 0 aliphatic carbocycles. The van der Waals surface area contributed by atoms with Gasteiger partial charge in [-0.15, -0.1) is 0 Å². The molecular weight excluding hydrogens is 474 g/mol. The van der Waals surface area contributed by atoms with E-state index in [4.69, 9.17) is 0 Å². The largest absolute Gasteiger partial charge is 0.326 e. The van der Waals surface area contributed by atoms with Crippen molar-refractivity contribution in [3.8, 4) is 0 Å². The van der Waals surface area contributed by atoms with E-state index in [9.17, 15) is 14.4 Å². The summed E-state index contributed by atoms with van der Waals surface area (Å²) in [4.78, 5) is 39.4. The minimum absolute atomic E-state index is 0.0920. The molecule has 3 aromatic rings. The van der Waals surface area contributed by atoms with Crippen LogP contribution in [0.2, 0.25) is 0 Å². The van der Waals surface area contributed by atoms with Crippen molar-refractivity contribution in [1.82, 2.24) is 9.78 Å². The van der Waals surface area contributed by atoms with Gasteiger partial charge in [-0.2, -0.15) is 5.10 Å². The molecule has 0 spiro atoms. The first kappa shape index (κ1) is 21.8. The Kier molecular flexibility index (Phi) is 6.36. The average Bonchev–Trinajstić information content (AvgIpc) is 3.44. The molecule has 2 atom stereocenters. The summed E-state index contributed by atoms with van der Waals surface area (Å²) in [6.45, 7) is 2.06. The monoisotopic (exact) mass is 495 g/mol. The third-order valence-corrected chi connectivity index (χ3v) is 6.01. The summed E-state index contributed by atoms with van der Waals surface area (Å²) in [5.41, 5.74) is 1.86. The fourth-order valence-electron chi connectivity index (χ4n) is 3.58. The fourth-order valence-corrected chi connectivity index (χ4v) is 4.08. The van der Waals surface area contributed by atoms with Crippen molar-refractivity contribution in [2.45, 2.75) is 19.4 Å². The molecule has 32 heavy (non-hydrogen) atoms. The molecule has 1 fully saturated rings. The summed E-state index contributed by atoms with van der Waals surface area (Å²) in [6, 6.07) is 15.6. The van der Waals surface area contributed by atoms with Crippen molar-refractivity contribution >= 4 is 50.7 Å². The van der Waals surface area contributed by atoms with Gasteiger partial charge >= 0.3 is 0 Å². The number of hydrogen-bond donors (Lipinski definition) is 2.